The lowest BCUT2D eigenvalue weighted by Gasteiger charge is -2.39. The molecule has 0 spiro atoms. The second-order valence-electron chi connectivity index (χ2n) is 11.9. The molecule has 0 fully saturated rings. The van der Waals surface area contributed by atoms with Crippen molar-refractivity contribution in [1.82, 2.24) is 0 Å². The molecule has 0 atom stereocenters. The first kappa shape index (κ1) is 31.9. The van der Waals surface area contributed by atoms with Gasteiger partial charge in [0.25, 0.3) is 0 Å². The molecule has 0 radical (unpaired) electrons. The van der Waals surface area contributed by atoms with Gasteiger partial charge in [0, 0.05) is 16.7 Å². The number of allylic oxidation sites excluding steroid dienone is 2. The van der Waals surface area contributed by atoms with Crippen LogP contribution in [0.1, 0.15) is 114 Å². The molecule has 0 aromatic heterocycles. The molecule has 1 heteroatoms. The van der Waals surface area contributed by atoms with Crippen molar-refractivity contribution in [2.45, 2.75) is 116 Å². The average Bonchev–Trinajstić information content (AvgIpc) is 2.98. The molecule has 3 aromatic rings. The van der Waals surface area contributed by atoms with Gasteiger partial charge in [-0.3, -0.25) is 0 Å². The van der Waals surface area contributed by atoms with Crippen molar-refractivity contribution in [3.8, 4) is 0 Å². The standard InChI is InChI=1S/C39H56N/c1-2-3-4-5-6-7-8-9-10-11-12-13-14-15-16-26-33-40(34-37-27-20-17-21-28-37,35-38-29-22-18-23-30-38)36-39-31-24-19-25-32-39/h8-9,17-25,27-32H,2-7,10-16,26,33-36H2,1H3/q+1/b9-8+. The molecular weight excluding hydrogens is 482 g/mol. The molecule has 0 N–H and O–H groups in total. The van der Waals surface area contributed by atoms with E-state index in [0.717, 1.165) is 24.1 Å². The highest BCUT2D eigenvalue weighted by atomic mass is 15.3. The number of rotatable bonds is 22. The Morgan fingerprint density at radius 3 is 1.18 bits per heavy atom. The monoisotopic (exact) mass is 538 g/mol. The van der Waals surface area contributed by atoms with Crippen molar-refractivity contribution in [2.24, 2.45) is 0 Å². The Balaban J connectivity index is 1.44. The van der Waals surface area contributed by atoms with Gasteiger partial charge in [0.15, 0.2) is 0 Å². The summed E-state index contributed by atoms with van der Waals surface area (Å²) in [6, 6.07) is 33.4. The predicted molar refractivity (Wildman–Crippen MR) is 175 cm³/mol. The summed E-state index contributed by atoms with van der Waals surface area (Å²) < 4.78 is 1.09. The summed E-state index contributed by atoms with van der Waals surface area (Å²) in [5, 5.41) is 0. The van der Waals surface area contributed by atoms with E-state index in [1.54, 1.807) is 0 Å². The summed E-state index contributed by atoms with van der Waals surface area (Å²) >= 11 is 0. The molecule has 0 aliphatic rings. The fourth-order valence-electron chi connectivity index (χ4n) is 6.01. The predicted octanol–water partition coefficient (Wildman–Crippen LogP) is 11.4. The van der Waals surface area contributed by atoms with Gasteiger partial charge >= 0.3 is 0 Å². The first-order chi connectivity index (χ1) is 19.8. The smallest absolute Gasteiger partial charge is 0.105 e. The zero-order chi connectivity index (χ0) is 28.0. The fourth-order valence-corrected chi connectivity index (χ4v) is 6.01. The van der Waals surface area contributed by atoms with Gasteiger partial charge in [0.05, 0.1) is 6.54 Å². The second kappa shape index (κ2) is 20.3. The normalized spacial score (nSPS) is 11.8. The summed E-state index contributed by atoms with van der Waals surface area (Å²) in [5.41, 5.74) is 4.33. The molecule has 0 heterocycles. The molecule has 3 rings (SSSR count). The van der Waals surface area contributed by atoms with E-state index >= 15 is 0 Å². The Labute approximate surface area is 246 Å². The van der Waals surface area contributed by atoms with E-state index in [-0.39, 0.29) is 0 Å². The third kappa shape index (κ3) is 13.6. The van der Waals surface area contributed by atoms with Crippen LogP contribution < -0.4 is 0 Å². The number of benzene rings is 3. The first-order valence-corrected chi connectivity index (χ1v) is 16.4. The van der Waals surface area contributed by atoms with E-state index in [1.807, 2.05) is 0 Å². The molecule has 0 unspecified atom stereocenters. The Kier molecular flexibility index (Phi) is 16.2. The number of nitrogens with zero attached hydrogens (tertiary/aromatic N) is 1. The van der Waals surface area contributed by atoms with Crippen LogP contribution in [-0.2, 0) is 19.6 Å². The first-order valence-electron chi connectivity index (χ1n) is 16.4. The highest BCUT2D eigenvalue weighted by Crippen LogP contribution is 2.26. The minimum atomic E-state index is 1.08. The van der Waals surface area contributed by atoms with Crippen LogP contribution in [0.15, 0.2) is 103 Å². The number of quaternary nitrogens is 1. The van der Waals surface area contributed by atoms with Crippen LogP contribution in [0.3, 0.4) is 0 Å². The van der Waals surface area contributed by atoms with Crippen molar-refractivity contribution in [2.75, 3.05) is 6.54 Å². The Morgan fingerprint density at radius 2 is 0.775 bits per heavy atom. The van der Waals surface area contributed by atoms with Crippen molar-refractivity contribution in [3.63, 3.8) is 0 Å². The average molecular weight is 539 g/mol. The van der Waals surface area contributed by atoms with Crippen LogP contribution in [-0.4, -0.2) is 11.0 Å². The maximum absolute atomic E-state index is 2.43. The lowest BCUT2D eigenvalue weighted by atomic mass is 10.0. The number of hydrogen-bond acceptors (Lipinski definition) is 0. The second-order valence-corrected chi connectivity index (χ2v) is 11.9. The third-order valence-corrected chi connectivity index (χ3v) is 8.23. The van der Waals surface area contributed by atoms with E-state index in [1.165, 1.54) is 113 Å². The topological polar surface area (TPSA) is 0 Å². The van der Waals surface area contributed by atoms with Crippen LogP contribution in [0, 0.1) is 0 Å². The lowest BCUT2D eigenvalue weighted by molar-refractivity contribution is -0.966. The summed E-state index contributed by atoms with van der Waals surface area (Å²) in [6.45, 7) is 6.75. The van der Waals surface area contributed by atoms with Crippen molar-refractivity contribution < 1.29 is 4.48 Å². The zero-order valence-corrected chi connectivity index (χ0v) is 25.5. The van der Waals surface area contributed by atoms with Crippen LogP contribution in [0.2, 0.25) is 0 Å². The molecule has 0 amide bonds. The van der Waals surface area contributed by atoms with Crippen molar-refractivity contribution >= 4 is 0 Å². The van der Waals surface area contributed by atoms with E-state index in [4.69, 9.17) is 0 Å². The highest BCUT2D eigenvalue weighted by Gasteiger charge is 2.28. The maximum Gasteiger partial charge on any atom is 0.105 e. The lowest BCUT2D eigenvalue weighted by Crippen LogP contribution is -2.46. The molecule has 0 aliphatic carbocycles. The SMILES string of the molecule is CCCCCCC/C=C/CCCCCCCCC[N+](Cc1ccccc1)(Cc1ccccc1)Cc1ccccc1. The van der Waals surface area contributed by atoms with E-state index in [9.17, 15) is 0 Å². The Hall–Kier alpha value is -2.64. The molecule has 3 aromatic carbocycles. The molecule has 0 bridgehead atoms. The fraction of sp³-hybridized carbons (Fsp3) is 0.487. The molecule has 0 aliphatic heterocycles. The summed E-state index contributed by atoms with van der Waals surface area (Å²) in [4.78, 5) is 0. The molecule has 0 saturated carbocycles. The number of hydrogen-bond donors (Lipinski definition) is 0. The largest absolute Gasteiger partial charge is 0.312 e. The van der Waals surface area contributed by atoms with Crippen LogP contribution in [0.4, 0.5) is 0 Å². The third-order valence-electron chi connectivity index (χ3n) is 8.23. The van der Waals surface area contributed by atoms with Gasteiger partial charge in [-0.1, -0.05) is 161 Å². The van der Waals surface area contributed by atoms with Crippen LogP contribution in [0.25, 0.3) is 0 Å². The highest BCUT2D eigenvalue weighted by molar-refractivity contribution is 5.17. The molecule has 40 heavy (non-hydrogen) atoms. The number of unbranched alkanes of at least 4 members (excludes halogenated alkanes) is 12. The van der Waals surface area contributed by atoms with E-state index in [2.05, 4.69) is 110 Å². The molecule has 216 valence electrons. The van der Waals surface area contributed by atoms with Crippen molar-refractivity contribution in [1.29, 1.82) is 0 Å². The quantitative estimate of drug-likeness (QED) is 0.0678. The van der Waals surface area contributed by atoms with Gasteiger partial charge in [-0.25, -0.2) is 0 Å². The van der Waals surface area contributed by atoms with Gasteiger partial charge in [0.1, 0.15) is 19.6 Å². The molecule has 0 saturated heterocycles. The van der Waals surface area contributed by atoms with E-state index < -0.39 is 0 Å². The molecular formula is C39H56N+. The van der Waals surface area contributed by atoms with E-state index in [0.29, 0.717) is 0 Å². The van der Waals surface area contributed by atoms with Gasteiger partial charge in [0.2, 0.25) is 0 Å². The summed E-state index contributed by atoms with van der Waals surface area (Å²) in [7, 11) is 0. The van der Waals surface area contributed by atoms with Gasteiger partial charge in [-0.05, 0) is 38.5 Å². The minimum Gasteiger partial charge on any atom is -0.312 e. The van der Waals surface area contributed by atoms with Crippen molar-refractivity contribution in [3.05, 3.63) is 120 Å². The van der Waals surface area contributed by atoms with Crippen LogP contribution in [0.5, 0.6) is 0 Å². The van der Waals surface area contributed by atoms with Gasteiger partial charge in [-0.2, -0.15) is 0 Å². The Bertz CT molecular complexity index is 907. The van der Waals surface area contributed by atoms with Crippen LogP contribution >= 0.6 is 0 Å². The molecule has 1 nitrogen and oxygen atoms in total. The maximum atomic E-state index is 2.43. The zero-order valence-electron chi connectivity index (χ0n) is 25.5. The summed E-state index contributed by atoms with van der Waals surface area (Å²) in [5.74, 6) is 0. The Morgan fingerprint density at radius 1 is 0.425 bits per heavy atom. The summed E-state index contributed by atoms with van der Waals surface area (Å²) in [6.07, 6.45) is 23.9. The minimum absolute atomic E-state index is 1.08. The van der Waals surface area contributed by atoms with Gasteiger partial charge < -0.3 is 4.48 Å². The van der Waals surface area contributed by atoms with Gasteiger partial charge in [-0.15, -0.1) is 0 Å².